The summed E-state index contributed by atoms with van der Waals surface area (Å²) in [5.74, 6) is -0.424. The predicted molar refractivity (Wildman–Crippen MR) is 57.2 cm³/mol. The van der Waals surface area contributed by atoms with Gasteiger partial charge in [0.25, 0.3) is 0 Å². The zero-order chi connectivity index (χ0) is 10.7. The van der Waals surface area contributed by atoms with Crippen LogP contribution in [0.25, 0.3) is 0 Å². The van der Waals surface area contributed by atoms with Crippen LogP contribution in [0.15, 0.2) is 17.0 Å². The maximum atomic E-state index is 13.4. The summed E-state index contributed by atoms with van der Waals surface area (Å²) in [6, 6.07) is 2.79. The van der Waals surface area contributed by atoms with Crippen molar-refractivity contribution < 1.29 is 9.50 Å². The molecule has 78 valence electrons. The molecule has 0 aliphatic rings. The van der Waals surface area contributed by atoms with Crippen molar-refractivity contribution in [1.82, 2.24) is 0 Å². The molecule has 1 rings (SSSR count). The molecular weight excluding hydrogens is 225 g/mol. The Morgan fingerprint density at radius 3 is 2.71 bits per heavy atom. The van der Waals surface area contributed by atoms with Gasteiger partial charge < -0.3 is 10.8 Å². The van der Waals surface area contributed by atoms with E-state index in [0.717, 1.165) is 0 Å². The minimum Gasteiger partial charge on any atom is -0.387 e. The van der Waals surface area contributed by atoms with E-state index in [2.05, 4.69) is 0 Å². The predicted octanol–water partition coefficient (Wildman–Crippen LogP) is 2.19. The summed E-state index contributed by atoms with van der Waals surface area (Å²) in [6.45, 7) is 0.0500. The van der Waals surface area contributed by atoms with Crippen molar-refractivity contribution in [3.05, 3.63) is 28.5 Å². The van der Waals surface area contributed by atoms with Gasteiger partial charge in [-0.05, 0) is 24.0 Å². The summed E-state index contributed by atoms with van der Waals surface area (Å²) in [5.41, 5.74) is 5.66. The average molecular weight is 236 g/mol. The Morgan fingerprint density at radius 1 is 1.64 bits per heavy atom. The van der Waals surface area contributed by atoms with E-state index in [1.807, 2.05) is 0 Å². The van der Waals surface area contributed by atoms with E-state index in [1.165, 1.54) is 23.9 Å². The number of halogens is 2. The van der Waals surface area contributed by atoms with E-state index in [4.69, 9.17) is 17.3 Å². The topological polar surface area (TPSA) is 46.2 Å². The molecule has 5 heteroatoms. The van der Waals surface area contributed by atoms with E-state index in [-0.39, 0.29) is 6.54 Å². The molecule has 1 unspecified atom stereocenters. The number of rotatable bonds is 3. The third-order valence-electron chi connectivity index (χ3n) is 1.83. The van der Waals surface area contributed by atoms with Crippen LogP contribution in [0.3, 0.4) is 0 Å². The average Bonchev–Trinajstić information content (AvgIpc) is 2.16. The molecule has 0 bridgehead atoms. The van der Waals surface area contributed by atoms with Gasteiger partial charge in [-0.15, -0.1) is 11.8 Å². The van der Waals surface area contributed by atoms with Gasteiger partial charge in [0.1, 0.15) is 5.82 Å². The van der Waals surface area contributed by atoms with E-state index >= 15 is 0 Å². The number of nitrogens with two attached hydrogens (primary N) is 1. The van der Waals surface area contributed by atoms with Gasteiger partial charge >= 0.3 is 0 Å². The molecule has 1 aromatic rings. The molecule has 3 N–H and O–H groups in total. The van der Waals surface area contributed by atoms with Crippen molar-refractivity contribution in [2.24, 2.45) is 5.73 Å². The van der Waals surface area contributed by atoms with Gasteiger partial charge in [0.2, 0.25) is 0 Å². The fourth-order valence-electron chi connectivity index (χ4n) is 1.10. The molecule has 0 spiro atoms. The summed E-state index contributed by atoms with van der Waals surface area (Å²) in [7, 11) is 0. The highest BCUT2D eigenvalue weighted by Gasteiger charge is 2.12. The fourth-order valence-corrected chi connectivity index (χ4v) is 2.06. The summed E-state index contributed by atoms with van der Waals surface area (Å²) < 4.78 is 13.4. The SMILES string of the molecule is CSc1c(F)cc(C(O)CN)cc1Cl. The van der Waals surface area contributed by atoms with Crippen LogP contribution in [0.4, 0.5) is 4.39 Å². The Bertz CT molecular complexity index is 312. The van der Waals surface area contributed by atoms with Crippen molar-refractivity contribution >= 4 is 23.4 Å². The normalized spacial score (nSPS) is 12.9. The maximum Gasteiger partial charge on any atom is 0.138 e. The van der Waals surface area contributed by atoms with Gasteiger partial charge in [0, 0.05) is 6.54 Å². The quantitative estimate of drug-likeness (QED) is 0.790. The monoisotopic (exact) mass is 235 g/mol. The van der Waals surface area contributed by atoms with Gasteiger partial charge in [-0.3, -0.25) is 0 Å². The van der Waals surface area contributed by atoms with Crippen molar-refractivity contribution in [3.8, 4) is 0 Å². The Kier molecular flexibility index (Phi) is 4.19. The van der Waals surface area contributed by atoms with Crippen LogP contribution >= 0.6 is 23.4 Å². The number of hydrogen-bond acceptors (Lipinski definition) is 3. The molecular formula is C9H11ClFNOS. The van der Waals surface area contributed by atoms with Crippen LogP contribution < -0.4 is 5.73 Å². The molecule has 0 amide bonds. The second-order valence-corrected chi connectivity index (χ2v) is 3.99. The van der Waals surface area contributed by atoms with Crippen molar-refractivity contribution in [3.63, 3.8) is 0 Å². The third-order valence-corrected chi connectivity index (χ3v) is 3.07. The maximum absolute atomic E-state index is 13.4. The van der Waals surface area contributed by atoms with E-state index in [1.54, 1.807) is 6.26 Å². The minimum absolute atomic E-state index is 0.0500. The lowest BCUT2D eigenvalue weighted by Gasteiger charge is -2.10. The summed E-state index contributed by atoms with van der Waals surface area (Å²) in [5, 5.41) is 9.69. The molecule has 0 heterocycles. The second-order valence-electron chi connectivity index (χ2n) is 2.77. The molecule has 0 aliphatic carbocycles. The lowest BCUT2D eigenvalue weighted by atomic mass is 10.1. The molecule has 0 aromatic heterocycles. The smallest absolute Gasteiger partial charge is 0.138 e. The van der Waals surface area contributed by atoms with Gasteiger partial charge in [0.05, 0.1) is 16.0 Å². The highest BCUT2D eigenvalue weighted by Crippen LogP contribution is 2.31. The van der Waals surface area contributed by atoms with Crippen LogP contribution in [0, 0.1) is 5.82 Å². The van der Waals surface area contributed by atoms with Gasteiger partial charge in [-0.1, -0.05) is 11.6 Å². The number of thioether (sulfide) groups is 1. The highest BCUT2D eigenvalue weighted by molar-refractivity contribution is 7.98. The summed E-state index contributed by atoms with van der Waals surface area (Å²) in [6.07, 6.45) is 0.876. The molecule has 1 atom stereocenters. The number of benzene rings is 1. The van der Waals surface area contributed by atoms with Crippen molar-refractivity contribution in [2.75, 3.05) is 12.8 Å². The van der Waals surface area contributed by atoms with Gasteiger partial charge in [-0.25, -0.2) is 4.39 Å². The number of hydrogen-bond donors (Lipinski definition) is 2. The summed E-state index contributed by atoms with van der Waals surface area (Å²) in [4.78, 5) is 0.389. The molecule has 1 aromatic carbocycles. The van der Waals surface area contributed by atoms with Crippen LogP contribution in [-0.4, -0.2) is 17.9 Å². The second kappa shape index (κ2) is 4.98. The van der Waals surface area contributed by atoms with Crippen LogP contribution in [0.2, 0.25) is 5.02 Å². The Labute approximate surface area is 91.3 Å². The van der Waals surface area contributed by atoms with E-state index in [0.29, 0.717) is 15.5 Å². The lowest BCUT2D eigenvalue weighted by molar-refractivity contribution is 0.186. The third kappa shape index (κ3) is 2.39. The van der Waals surface area contributed by atoms with Crippen LogP contribution in [0.5, 0.6) is 0 Å². The zero-order valence-corrected chi connectivity index (χ0v) is 9.20. The van der Waals surface area contributed by atoms with Gasteiger partial charge in [0.15, 0.2) is 0 Å². The van der Waals surface area contributed by atoms with Crippen molar-refractivity contribution in [1.29, 1.82) is 0 Å². The molecule has 0 saturated heterocycles. The first-order chi connectivity index (χ1) is 6.60. The van der Waals surface area contributed by atoms with Crippen molar-refractivity contribution in [2.45, 2.75) is 11.0 Å². The number of aliphatic hydroxyl groups is 1. The Morgan fingerprint density at radius 2 is 2.29 bits per heavy atom. The van der Waals surface area contributed by atoms with Gasteiger partial charge in [-0.2, -0.15) is 0 Å². The molecule has 0 fully saturated rings. The standard InChI is InChI=1S/C9H11ClFNOS/c1-14-9-6(10)2-5(3-7(9)11)8(13)4-12/h2-3,8,13H,4,12H2,1H3. The lowest BCUT2D eigenvalue weighted by Crippen LogP contribution is -2.11. The summed E-state index contributed by atoms with van der Waals surface area (Å²) >= 11 is 7.05. The largest absolute Gasteiger partial charge is 0.387 e. The zero-order valence-electron chi connectivity index (χ0n) is 7.63. The van der Waals surface area contributed by atoms with E-state index in [9.17, 15) is 9.50 Å². The highest BCUT2D eigenvalue weighted by atomic mass is 35.5. The van der Waals surface area contributed by atoms with Crippen LogP contribution in [-0.2, 0) is 0 Å². The first-order valence-electron chi connectivity index (χ1n) is 4.01. The fraction of sp³-hybridized carbons (Fsp3) is 0.333. The Hall–Kier alpha value is -0.290. The molecule has 0 radical (unpaired) electrons. The molecule has 0 aliphatic heterocycles. The first kappa shape index (κ1) is 11.8. The molecule has 0 saturated carbocycles. The van der Waals surface area contributed by atoms with E-state index < -0.39 is 11.9 Å². The minimum atomic E-state index is -0.863. The van der Waals surface area contributed by atoms with Crippen LogP contribution in [0.1, 0.15) is 11.7 Å². The number of aliphatic hydroxyl groups excluding tert-OH is 1. The molecule has 2 nitrogen and oxygen atoms in total. The Balaban J connectivity index is 3.13. The first-order valence-corrected chi connectivity index (χ1v) is 5.61. The molecule has 14 heavy (non-hydrogen) atoms.